The smallest absolute Gasteiger partial charge is 0.278 e. The Labute approximate surface area is 174 Å². The van der Waals surface area contributed by atoms with Gasteiger partial charge in [0.15, 0.2) is 6.54 Å². The molecule has 0 spiro atoms. The summed E-state index contributed by atoms with van der Waals surface area (Å²) in [6.07, 6.45) is 0. The zero-order valence-corrected chi connectivity index (χ0v) is 17.2. The molecule has 2 rings (SSSR count). The van der Waals surface area contributed by atoms with Gasteiger partial charge in [0, 0.05) is 13.1 Å². The van der Waals surface area contributed by atoms with E-state index < -0.39 is 5.82 Å². The van der Waals surface area contributed by atoms with Gasteiger partial charge in [0.1, 0.15) is 18.2 Å². The van der Waals surface area contributed by atoms with Gasteiger partial charge in [0.05, 0.1) is 24.2 Å². The van der Waals surface area contributed by atoms with Gasteiger partial charge in [-0.25, -0.2) is 8.78 Å². The number of hydrogen-bond donors (Lipinski definition) is 2. The maximum absolute atomic E-state index is 13.9. The number of likely N-dealkylation sites (N-methyl/N-ethyl adjacent to an activating group) is 2. The fourth-order valence-electron chi connectivity index (χ4n) is 2.84. The average molecular weight is 425 g/mol. The summed E-state index contributed by atoms with van der Waals surface area (Å²) in [6, 6.07) is 10.3. The molecule has 2 aromatic carbocycles. The molecule has 156 valence electrons. The Morgan fingerprint density at radius 1 is 1.14 bits per heavy atom. The summed E-state index contributed by atoms with van der Waals surface area (Å²) in [5.41, 5.74) is 1.12. The molecule has 0 radical (unpaired) electrons. The van der Waals surface area contributed by atoms with E-state index in [1.165, 1.54) is 29.2 Å². The van der Waals surface area contributed by atoms with Gasteiger partial charge in [-0.3, -0.25) is 9.59 Å². The number of nitrogens with one attached hydrogen (secondary N) is 2. The van der Waals surface area contributed by atoms with Crippen molar-refractivity contribution in [3.63, 3.8) is 0 Å². The molecule has 0 aliphatic rings. The Balaban J connectivity index is 1.85. The summed E-state index contributed by atoms with van der Waals surface area (Å²) in [5, 5.41) is 3.04. The zero-order valence-electron chi connectivity index (χ0n) is 16.5. The monoisotopic (exact) mass is 424 g/mol. The topological polar surface area (TPSA) is 53.9 Å². The van der Waals surface area contributed by atoms with Gasteiger partial charge in [-0.1, -0.05) is 29.8 Å². The second-order valence-corrected chi connectivity index (χ2v) is 7.23. The standard InChI is InChI=1S/C21H24ClF2N3O2/c1-3-27(13-20(28)25-11-15-7-9-16(23)10-8-15)21(29)14-26(2)12-17-18(22)5-4-6-19(17)24/h4-10H,3,11-14H2,1-2H3,(H,25,28)/p+1. The number of rotatable bonds is 9. The minimum absolute atomic E-state index is 0.0791. The fourth-order valence-corrected chi connectivity index (χ4v) is 3.07. The Morgan fingerprint density at radius 2 is 1.83 bits per heavy atom. The molecule has 2 aromatic rings. The molecule has 0 aliphatic carbocycles. The zero-order chi connectivity index (χ0) is 21.4. The molecule has 0 aromatic heterocycles. The minimum Gasteiger partial charge on any atom is -0.350 e. The van der Waals surface area contributed by atoms with E-state index in [0.717, 1.165) is 10.5 Å². The Kier molecular flexibility index (Phi) is 8.54. The van der Waals surface area contributed by atoms with Crippen LogP contribution >= 0.6 is 11.6 Å². The summed E-state index contributed by atoms with van der Waals surface area (Å²) in [5.74, 6) is -1.27. The summed E-state index contributed by atoms with van der Waals surface area (Å²) in [7, 11) is 1.77. The average Bonchev–Trinajstić information content (AvgIpc) is 2.68. The van der Waals surface area contributed by atoms with E-state index in [1.807, 2.05) is 0 Å². The predicted molar refractivity (Wildman–Crippen MR) is 107 cm³/mol. The molecule has 2 N–H and O–H groups in total. The van der Waals surface area contributed by atoms with E-state index in [9.17, 15) is 18.4 Å². The van der Waals surface area contributed by atoms with Crippen molar-refractivity contribution in [2.45, 2.75) is 20.0 Å². The fraction of sp³-hybridized carbons (Fsp3) is 0.333. The summed E-state index contributed by atoms with van der Waals surface area (Å²) in [4.78, 5) is 26.9. The van der Waals surface area contributed by atoms with Crippen LogP contribution in [-0.2, 0) is 22.7 Å². The first kappa shape index (κ1) is 22.8. The van der Waals surface area contributed by atoms with Crippen molar-refractivity contribution in [2.24, 2.45) is 0 Å². The highest BCUT2D eigenvalue weighted by Gasteiger charge is 2.21. The molecule has 0 saturated heterocycles. The maximum Gasteiger partial charge on any atom is 0.278 e. The van der Waals surface area contributed by atoms with Crippen LogP contribution in [0.3, 0.4) is 0 Å². The Morgan fingerprint density at radius 3 is 2.45 bits per heavy atom. The van der Waals surface area contributed by atoms with Crippen LogP contribution in [0.4, 0.5) is 8.78 Å². The van der Waals surface area contributed by atoms with Crippen LogP contribution in [0.5, 0.6) is 0 Å². The van der Waals surface area contributed by atoms with Crippen LogP contribution in [0.1, 0.15) is 18.1 Å². The number of carbonyl (C=O) groups is 2. The van der Waals surface area contributed by atoms with E-state index in [0.29, 0.717) is 17.1 Å². The SMILES string of the molecule is CCN(CC(=O)NCc1ccc(F)cc1)C(=O)C[NH+](C)Cc1c(F)cccc1Cl. The molecule has 0 saturated carbocycles. The number of carbonyl (C=O) groups excluding carboxylic acids is 2. The van der Waals surface area contributed by atoms with Gasteiger partial charge in [-0.2, -0.15) is 0 Å². The number of halogens is 3. The maximum atomic E-state index is 13.9. The molecular weight excluding hydrogens is 400 g/mol. The number of quaternary nitrogens is 1. The molecule has 29 heavy (non-hydrogen) atoms. The first-order chi connectivity index (χ1) is 13.8. The summed E-state index contributed by atoms with van der Waals surface area (Å²) < 4.78 is 26.8. The van der Waals surface area contributed by atoms with Gasteiger partial charge in [-0.15, -0.1) is 0 Å². The third kappa shape index (κ3) is 7.11. The lowest BCUT2D eigenvalue weighted by molar-refractivity contribution is -0.885. The van der Waals surface area contributed by atoms with Crippen LogP contribution in [0.15, 0.2) is 42.5 Å². The van der Waals surface area contributed by atoms with Gasteiger partial charge < -0.3 is 15.1 Å². The molecule has 0 fully saturated rings. The lowest BCUT2D eigenvalue weighted by Gasteiger charge is -2.22. The highest BCUT2D eigenvalue weighted by molar-refractivity contribution is 6.31. The van der Waals surface area contributed by atoms with Crippen LogP contribution in [0.25, 0.3) is 0 Å². The second-order valence-electron chi connectivity index (χ2n) is 6.82. The van der Waals surface area contributed by atoms with E-state index in [1.54, 1.807) is 32.2 Å². The molecule has 0 bridgehead atoms. The first-order valence-corrected chi connectivity index (χ1v) is 9.71. The molecule has 2 amide bonds. The normalized spacial score (nSPS) is 11.8. The molecule has 8 heteroatoms. The quantitative estimate of drug-likeness (QED) is 0.645. The predicted octanol–water partition coefficient (Wildman–Crippen LogP) is 1.80. The number of benzene rings is 2. The lowest BCUT2D eigenvalue weighted by Crippen LogP contribution is -3.09. The van der Waals surface area contributed by atoms with Gasteiger partial charge >= 0.3 is 0 Å². The number of amides is 2. The Bertz CT molecular complexity index is 826. The third-order valence-corrected chi connectivity index (χ3v) is 4.82. The van der Waals surface area contributed by atoms with Crippen molar-refractivity contribution in [3.8, 4) is 0 Å². The second kappa shape index (κ2) is 10.9. The minimum atomic E-state index is -0.406. The molecule has 0 heterocycles. The first-order valence-electron chi connectivity index (χ1n) is 9.33. The third-order valence-electron chi connectivity index (χ3n) is 4.47. The highest BCUT2D eigenvalue weighted by atomic mass is 35.5. The van der Waals surface area contributed by atoms with E-state index in [-0.39, 0.29) is 43.8 Å². The van der Waals surface area contributed by atoms with E-state index in [2.05, 4.69) is 5.32 Å². The number of hydrogen-bond acceptors (Lipinski definition) is 2. The van der Waals surface area contributed by atoms with Crippen molar-refractivity contribution in [1.29, 1.82) is 0 Å². The molecule has 1 unspecified atom stereocenters. The van der Waals surface area contributed by atoms with Crippen LogP contribution in [0.2, 0.25) is 5.02 Å². The van der Waals surface area contributed by atoms with Crippen LogP contribution < -0.4 is 10.2 Å². The van der Waals surface area contributed by atoms with Crippen LogP contribution in [-0.4, -0.2) is 43.4 Å². The van der Waals surface area contributed by atoms with Gasteiger partial charge in [0.25, 0.3) is 5.91 Å². The van der Waals surface area contributed by atoms with E-state index >= 15 is 0 Å². The highest BCUT2D eigenvalue weighted by Crippen LogP contribution is 2.17. The summed E-state index contributed by atoms with van der Waals surface area (Å²) in [6.45, 7) is 2.69. The Hall–Kier alpha value is -2.51. The molecular formula is C21H25ClF2N3O2+. The van der Waals surface area contributed by atoms with Crippen molar-refractivity contribution in [2.75, 3.05) is 26.7 Å². The molecule has 5 nitrogen and oxygen atoms in total. The van der Waals surface area contributed by atoms with Crippen molar-refractivity contribution < 1.29 is 23.3 Å². The number of nitrogens with zero attached hydrogens (tertiary/aromatic N) is 1. The molecule has 0 aliphatic heterocycles. The van der Waals surface area contributed by atoms with Crippen molar-refractivity contribution in [3.05, 3.63) is 70.2 Å². The van der Waals surface area contributed by atoms with Crippen molar-refractivity contribution >= 4 is 23.4 Å². The van der Waals surface area contributed by atoms with Gasteiger partial charge in [-0.05, 0) is 36.8 Å². The lowest BCUT2D eigenvalue weighted by atomic mass is 10.2. The molecule has 1 atom stereocenters. The summed E-state index contributed by atoms with van der Waals surface area (Å²) >= 11 is 6.04. The van der Waals surface area contributed by atoms with E-state index in [4.69, 9.17) is 11.6 Å². The largest absolute Gasteiger partial charge is 0.350 e. The van der Waals surface area contributed by atoms with Crippen molar-refractivity contribution in [1.82, 2.24) is 10.2 Å². The van der Waals surface area contributed by atoms with Gasteiger partial charge in [0.2, 0.25) is 5.91 Å². The van der Waals surface area contributed by atoms with Crippen LogP contribution in [0, 0.1) is 11.6 Å².